The first kappa shape index (κ1) is 7.60. The van der Waals surface area contributed by atoms with Crippen molar-refractivity contribution in [1.29, 1.82) is 0 Å². The van der Waals surface area contributed by atoms with E-state index in [2.05, 4.69) is 6.92 Å². The summed E-state index contributed by atoms with van der Waals surface area (Å²) in [6, 6.07) is 0. The fourth-order valence-electron chi connectivity index (χ4n) is 3.03. The second-order valence-electron chi connectivity index (χ2n) is 4.54. The maximum absolute atomic E-state index is 9.78. The number of hydrogen-bond acceptors (Lipinski definition) is 1. The van der Waals surface area contributed by atoms with E-state index in [1.165, 1.54) is 32.1 Å². The molecule has 11 heavy (non-hydrogen) atoms. The number of rotatable bonds is 0. The lowest BCUT2D eigenvalue weighted by Gasteiger charge is -2.38. The molecule has 0 unspecified atom stereocenters. The van der Waals surface area contributed by atoms with E-state index in [4.69, 9.17) is 0 Å². The summed E-state index contributed by atoms with van der Waals surface area (Å²) < 4.78 is 0. The molecule has 0 aromatic rings. The van der Waals surface area contributed by atoms with Gasteiger partial charge in [-0.25, -0.2) is 0 Å². The van der Waals surface area contributed by atoms with Crippen LogP contribution in [0, 0.1) is 11.3 Å². The molecule has 0 aromatic carbocycles. The number of aliphatic hydroxyl groups is 1. The third kappa shape index (κ3) is 1.01. The normalized spacial score (nSPS) is 50.7. The van der Waals surface area contributed by atoms with Gasteiger partial charge < -0.3 is 5.11 Å². The standard InChI is InChI=1S/C10H18O/c1-10-7-3-2-4-8(10)5-6-9(10)11/h8-9,11H,2-7H2,1H3/t8-,9-,10-/m1/s1. The molecule has 3 atom stereocenters. The van der Waals surface area contributed by atoms with Crippen molar-refractivity contribution in [1.82, 2.24) is 0 Å². The van der Waals surface area contributed by atoms with Gasteiger partial charge in [0.15, 0.2) is 0 Å². The van der Waals surface area contributed by atoms with E-state index >= 15 is 0 Å². The van der Waals surface area contributed by atoms with Crippen molar-refractivity contribution >= 4 is 0 Å². The molecule has 0 heterocycles. The largest absolute Gasteiger partial charge is 0.393 e. The lowest BCUT2D eigenvalue weighted by Crippen LogP contribution is -2.34. The Bertz CT molecular complexity index is 153. The summed E-state index contributed by atoms with van der Waals surface area (Å²) in [5.41, 5.74) is 0.304. The maximum atomic E-state index is 9.78. The van der Waals surface area contributed by atoms with Crippen molar-refractivity contribution < 1.29 is 5.11 Å². The molecule has 2 saturated carbocycles. The van der Waals surface area contributed by atoms with Crippen LogP contribution >= 0.6 is 0 Å². The summed E-state index contributed by atoms with van der Waals surface area (Å²) in [5, 5.41) is 9.78. The van der Waals surface area contributed by atoms with E-state index in [1.807, 2.05) is 0 Å². The molecule has 1 heteroatoms. The molecule has 0 aromatic heterocycles. The van der Waals surface area contributed by atoms with Crippen molar-refractivity contribution in [3.05, 3.63) is 0 Å². The van der Waals surface area contributed by atoms with Crippen molar-refractivity contribution in [2.75, 3.05) is 0 Å². The van der Waals surface area contributed by atoms with Crippen LogP contribution in [0.1, 0.15) is 45.4 Å². The van der Waals surface area contributed by atoms with Gasteiger partial charge in [0.25, 0.3) is 0 Å². The van der Waals surface area contributed by atoms with Crippen LogP contribution in [-0.2, 0) is 0 Å². The number of aliphatic hydroxyl groups excluding tert-OH is 1. The Morgan fingerprint density at radius 2 is 2.00 bits per heavy atom. The molecule has 2 aliphatic rings. The van der Waals surface area contributed by atoms with Gasteiger partial charge in [-0.3, -0.25) is 0 Å². The lowest BCUT2D eigenvalue weighted by molar-refractivity contribution is 0.0138. The molecule has 2 aliphatic carbocycles. The molecular formula is C10H18O. The zero-order chi connectivity index (χ0) is 7.90. The number of hydrogen-bond donors (Lipinski definition) is 1. The highest BCUT2D eigenvalue weighted by atomic mass is 16.3. The summed E-state index contributed by atoms with van der Waals surface area (Å²) in [5.74, 6) is 0.839. The first-order chi connectivity index (χ1) is 5.23. The van der Waals surface area contributed by atoms with Gasteiger partial charge in [-0.1, -0.05) is 19.8 Å². The Labute approximate surface area is 68.8 Å². The van der Waals surface area contributed by atoms with Crippen molar-refractivity contribution in [2.24, 2.45) is 11.3 Å². The van der Waals surface area contributed by atoms with Crippen LogP contribution in [0.25, 0.3) is 0 Å². The van der Waals surface area contributed by atoms with Crippen molar-refractivity contribution in [3.8, 4) is 0 Å². The second kappa shape index (κ2) is 2.48. The first-order valence-electron chi connectivity index (χ1n) is 4.91. The molecule has 2 fully saturated rings. The molecule has 0 saturated heterocycles. The Morgan fingerprint density at radius 1 is 1.18 bits per heavy atom. The Balaban J connectivity index is 2.16. The molecule has 64 valence electrons. The predicted molar refractivity (Wildman–Crippen MR) is 45.3 cm³/mol. The quantitative estimate of drug-likeness (QED) is 0.568. The molecule has 1 nitrogen and oxygen atoms in total. The van der Waals surface area contributed by atoms with Gasteiger partial charge in [-0.05, 0) is 37.0 Å². The van der Waals surface area contributed by atoms with Gasteiger partial charge in [-0.15, -0.1) is 0 Å². The van der Waals surface area contributed by atoms with Gasteiger partial charge in [0.1, 0.15) is 0 Å². The topological polar surface area (TPSA) is 20.2 Å². The van der Waals surface area contributed by atoms with Gasteiger partial charge in [0.05, 0.1) is 6.10 Å². The summed E-state index contributed by atoms with van der Waals surface area (Å²) >= 11 is 0. The molecule has 0 bridgehead atoms. The van der Waals surface area contributed by atoms with Gasteiger partial charge in [0.2, 0.25) is 0 Å². The third-order valence-corrected chi connectivity index (χ3v) is 4.00. The monoisotopic (exact) mass is 154 g/mol. The minimum atomic E-state index is 0.00722. The molecule has 1 N–H and O–H groups in total. The van der Waals surface area contributed by atoms with Crippen LogP contribution in [0.3, 0.4) is 0 Å². The first-order valence-corrected chi connectivity index (χ1v) is 4.91. The van der Waals surface area contributed by atoms with E-state index < -0.39 is 0 Å². The van der Waals surface area contributed by atoms with Gasteiger partial charge in [-0.2, -0.15) is 0 Å². The molecule has 0 spiro atoms. The maximum Gasteiger partial charge on any atom is 0.0596 e. The molecular weight excluding hydrogens is 136 g/mol. The minimum Gasteiger partial charge on any atom is -0.393 e. The lowest BCUT2D eigenvalue weighted by atomic mass is 9.69. The number of fused-ring (bicyclic) bond motifs is 1. The average Bonchev–Trinajstić information content (AvgIpc) is 2.29. The Morgan fingerprint density at radius 3 is 2.73 bits per heavy atom. The minimum absolute atomic E-state index is 0.00722. The van der Waals surface area contributed by atoms with Crippen LogP contribution in [0.15, 0.2) is 0 Å². The van der Waals surface area contributed by atoms with Crippen LogP contribution in [-0.4, -0.2) is 11.2 Å². The van der Waals surface area contributed by atoms with Crippen molar-refractivity contribution in [2.45, 2.75) is 51.6 Å². The fourth-order valence-corrected chi connectivity index (χ4v) is 3.03. The highest BCUT2D eigenvalue weighted by Gasteiger charge is 2.46. The van der Waals surface area contributed by atoms with Crippen LogP contribution in [0.2, 0.25) is 0 Å². The molecule has 0 amide bonds. The molecule has 2 rings (SSSR count). The zero-order valence-corrected chi connectivity index (χ0v) is 7.34. The highest BCUT2D eigenvalue weighted by molar-refractivity contribution is 4.96. The Kier molecular flexibility index (Phi) is 1.71. The smallest absolute Gasteiger partial charge is 0.0596 e. The summed E-state index contributed by atoms with van der Waals surface area (Å²) in [7, 11) is 0. The SMILES string of the molecule is C[C@@]12CCCC[C@@H]1CC[C@H]2O. The van der Waals surface area contributed by atoms with Gasteiger partial charge in [0, 0.05) is 0 Å². The summed E-state index contributed by atoms with van der Waals surface area (Å²) in [6.07, 6.45) is 7.70. The summed E-state index contributed by atoms with van der Waals surface area (Å²) in [6.45, 7) is 2.29. The zero-order valence-electron chi connectivity index (χ0n) is 7.34. The predicted octanol–water partition coefficient (Wildman–Crippen LogP) is 2.34. The van der Waals surface area contributed by atoms with E-state index in [9.17, 15) is 5.11 Å². The average molecular weight is 154 g/mol. The van der Waals surface area contributed by atoms with Crippen LogP contribution in [0.5, 0.6) is 0 Å². The molecule has 0 aliphatic heterocycles. The molecule has 0 radical (unpaired) electrons. The van der Waals surface area contributed by atoms with E-state index in [-0.39, 0.29) is 6.10 Å². The van der Waals surface area contributed by atoms with E-state index in [1.54, 1.807) is 0 Å². The third-order valence-electron chi connectivity index (χ3n) is 4.00. The van der Waals surface area contributed by atoms with E-state index in [0.29, 0.717) is 5.41 Å². The fraction of sp³-hybridized carbons (Fsp3) is 1.00. The van der Waals surface area contributed by atoms with Crippen LogP contribution in [0.4, 0.5) is 0 Å². The van der Waals surface area contributed by atoms with Crippen molar-refractivity contribution in [3.63, 3.8) is 0 Å². The Hall–Kier alpha value is -0.0400. The van der Waals surface area contributed by atoms with Crippen LogP contribution < -0.4 is 0 Å². The summed E-state index contributed by atoms with van der Waals surface area (Å²) in [4.78, 5) is 0. The highest BCUT2D eigenvalue weighted by Crippen LogP contribution is 2.51. The van der Waals surface area contributed by atoms with E-state index in [0.717, 1.165) is 12.3 Å². The van der Waals surface area contributed by atoms with Gasteiger partial charge >= 0.3 is 0 Å². The second-order valence-corrected chi connectivity index (χ2v) is 4.54.